The zero-order valence-electron chi connectivity index (χ0n) is 6.51. The van der Waals surface area contributed by atoms with Gasteiger partial charge in [-0.2, -0.15) is 0 Å². The number of hydrogen-bond acceptors (Lipinski definition) is 2. The molecule has 1 aromatic rings. The molecule has 4 heteroatoms. The minimum absolute atomic E-state index is 0.0589. The summed E-state index contributed by atoms with van der Waals surface area (Å²) >= 11 is 0. The van der Waals surface area contributed by atoms with Gasteiger partial charge in [0.1, 0.15) is 17.4 Å². The molecule has 1 aromatic carbocycles. The fourth-order valence-electron chi connectivity index (χ4n) is 1.02. The van der Waals surface area contributed by atoms with Gasteiger partial charge in [0.2, 0.25) is 0 Å². The molecule has 0 aromatic heterocycles. The first-order valence-electron chi connectivity index (χ1n) is 3.46. The predicted octanol–water partition coefficient (Wildman–Crippen LogP) is 1.69. The van der Waals surface area contributed by atoms with E-state index in [0.29, 0.717) is 6.07 Å². The Morgan fingerprint density at radius 1 is 1.42 bits per heavy atom. The van der Waals surface area contributed by atoms with Crippen molar-refractivity contribution in [2.75, 3.05) is 0 Å². The first-order chi connectivity index (χ1) is 5.52. The van der Waals surface area contributed by atoms with E-state index >= 15 is 0 Å². The maximum atomic E-state index is 12.9. The van der Waals surface area contributed by atoms with Gasteiger partial charge in [-0.1, -0.05) is 0 Å². The van der Waals surface area contributed by atoms with Crippen LogP contribution in [0.2, 0.25) is 0 Å². The normalized spacial score (nSPS) is 13.0. The minimum atomic E-state index is -0.817. The van der Waals surface area contributed by atoms with Crippen LogP contribution in [0, 0.1) is 11.6 Å². The van der Waals surface area contributed by atoms with E-state index in [-0.39, 0.29) is 5.56 Å². The first-order valence-corrected chi connectivity index (χ1v) is 3.46. The summed E-state index contributed by atoms with van der Waals surface area (Å²) in [4.78, 5) is 0. The van der Waals surface area contributed by atoms with E-state index in [2.05, 4.69) is 0 Å². The van der Waals surface area contributed by atoms with E-state index in [1.54, 1.807) is 0 Å². The largest absolute Gasteiger partial charge is 0.507 e. The van der Waals surface area contributed by atoms with Gasteiger partial charge in [-0.15, -0.1) is 0 Å². The Balaban J connectivity index is 3.28. The van der Waals surface area contributed by atoms with Gasteiger partial charge in [-0.25, -0.2) is 8.78 Å². The quantitative estimate of drug-likeness (QED) is 0.678. The molecular formula is C8H9F2NO. The number of phenolic OH excluding ortho intramolecular Hbond substituents is 1. The zero-order valence-corrected chi connectivity index (χ0v) is 6.51. The molecule has 0 heterocycles. The smallest absolute Gasteiger partial charge is 0.134 e. The predicted molar refractivity (Wildman–Crippen MR) is 40.6 cm³/mol. The fourth-order valence-corrected chi connectivity index (χ4v) is 1.02. The van der Waals surface area contributed by atoms with E-state index in [0.717, 1.165) is 6.07 Å². The highest BCUT2D eigenvalue weighted by atomic mass is 19.1. The average Bonchev–Trinajstić information content (AvgIpc) is 1.82. The van der Waals surface area contributed by atoms with Crippen LogP contribution in [0.25, 0.3) is 0 Å². The number of rotatable bonds is 1. The van der Waals surface area contributed by atoms with Gasteiger partial charge in [0.25, 0.3) is 0 Å². The Kier molecular flexibility index (Phi) is 2.28. The van der Waals surface area contributed by atoms with Crippen LogP contribution in [0.3, 0.4) is 0 Å². The number of benzene rings is 1. The third-order valence-electron chi connectivity index (χ3n) is 1.53. The number of aromatic hydroxyl groups is 1. The van der Waals surface area contributed by atoms with Gasteiger partial charge in [-0.05, 0) is 6.92 Å². The SMILES string of the molecule is C[C@@H](N)c1c(O)cc(F)cc1F. The summed E-state index contributed by atoms with van der Waals surface area (Å²) in [5, 5.41) is 9.08. The van der Waals surface area contributed by atoms with Crippen LogP contribution in [0.4, 0.5) is 8.78 Å². The maximum Gasteiger partial charge on any atom is 0.134 e. The third-order valence-corrected chi connectivity index (χ3v) is 1.53. The molecule has 0 saturated carbocycles. The average molecular weight is 173 g/mol. The van der Waals surface area contributed by atoms with Crippen molar-refractivity contribution in [1.82, 2.24) is 0 Å². The first kappa shape index (κ1) is 8.93. The van der Waals surface area contributed by atoms with Crippen molar-refractivity contribution < 1.29 is 13.9 Å². The molecule has 0 aliphatic heterocycles. The van der Waals surface area contributed by atoms with Crippen LogP contribution in [-0.2, 0) is 0 Å². The molecule has 1 atom stereocenters. The molecule has 0 unspecified atom stereocenters. The van der Waals surface area contributed by atoms with Gasteiger partial charge >= 0.3 is 0 Å². The summed E-state index contributed by atoms with van der Waals surface area (Å²) in [6.07, 6.45) is 0. The second kappa shape index (κ2) is 3.06. The van der Waals surface area contributed by atoms with E-state index in [9.17, 15) is 8.78 Å². The van der Waals surface area contributed by atoms with Crippen LogP contribution >= 0.6 is 0 Å². The van der Waals surface area contributed by atoms with Crippen molar-refractivity contribution in [2.24, 2.45) is 5.73 Å². The molecule has 1 rings (SSSR count). The molecule has 0 aliphatic carbocycles. The lowest BCUT2D eigenvalue weighted by Gasteiger charge is -2.08. The van der Waals surface area contributed by atoms with Gasteiger partial charge in [0.05, 0.1) is 0 Å². The molecule has 2 nitrogen and oxygen atoms in total. The van der Waals surface area contributed by atoms with Crippen LogP contribution in [-0.4, -0.2) is 5.11 Å². The summed E-state index contributed by atoms with van der Waals surface area (Å²) in [7, 11) is 0. The Labute approximate surface area is 68.6 Å². The lowest BCUT2D eigenvalue weighted by atomic mass is 10.1. The third kappa shape index (κ3) is 1.53. The highest BCUT2D eigenvalue weighted by Gasteiger charge is 2.13. The van der Waals surface area contributed by atoms with Crippen molar-refractivity contribution in [2.45, 2.75) is 13.0 Å². The maximum absolute atomic E-state index is 12.9. The molecule has 0 saturated heterocycles. The molecule has 0 aliphatic rings. The Morgan fingerprint density at radius 2 is 2.00 bits per heavy atom. The number of hydrogen-bond donors (Lipinski definition) is 2. The summed E-state index contributed by atoms with van der Waals surface area (Å²) < 4.78 is 25.3. The second-order valence-corrected chi connectivity index (χ2v) is 2.61. The second-order valence-electron chi connectivity index (χ2n) is 2.61. The van der Waals surface area contributed by atoms with Crippen LogP contribution in [0.1, 0.15) is 18.5 Å². The molecule has 66 valence electrons. The van der Waals surface area contributed by atoms with Gasteiger partial charge in [0.15, 0.2) is 0 Å². The molecule has 0 fully saturated rings. The monoisotopic (exact) mass is 173 g/mol. The molecule has 12 heavy (non-hydrogen) atoms. The Hall–Kier alpha value is -1.16. The molecule has 0 spiro atoms. The van der Waals surface area contributed by atoms with Crippen molar-refractivity contribution in [3.05, 3.63) is 29.3 Å². The zero-order chi connectivity index (χ0) is 9.30. The highest BCUT2D eigenvalue weighted by Crippen LogP contribution is 2.26. The molecular weight excluding hydrogens is 164 g/mol. The van der Waals surface area contributed by atoms with Crippen molar-refractivity contribution >= 4 is 0 Å². The number of phenols is 1. The topological polar surface area (TPSA) is 46.2 Å². The Bertz CT molecular complexity index is 276. The van der Waals surface area contributed by atoms with E-state index in [4.69, 9.17) is 10.8 Å². The standard InChI is InChI=1S/C8H9F2NO/c1-4(11)8-6(10)2-5(9)3-7(8)12/h2-4,12H,11H2,1H3/t4-/m1/s1. The van der Waals surface area contributed by atoms with Crippen molar-refractivity contribution in [3.8, 4) is 5.75 Å². The Morgan fingerprint density at radius 3 is 2.42 bits per heavy atom. The summed E-state index contributed by atoms with van der Waals surface area (Å²) in [5.41, 5.74) is 5.28. The van der Waals surface area contributed by atoms with Crippen LogP contribution < -0.4 is 5.73 Å². The highest BCUT2D eigenvalue weighted by molar-refractivity contribution is 5.36. The summed E-state index contributed by atoms with van der Waals surface area (Å²) in [6.45, 7) is 1.51. The lowest BCUT2D eigenvalue weighted by molar-refractivity contribution is 0.443. The molecule has 3 N–H and O–H groups in total. The lowest BCUT2D eigenvalue weighted by Crippen LogP contribution is -2.08. The van der Waals surface area contributed by atoms with Crippen LogP contribution in [0.5, 0.6) is 5.75 Å². The van der Waals surface area contributed by atoms with Crippen molar-refractivity contribution in [3.63, 3.8) is 0 Å². The number of halogens is 2. The van der Waals surface area contributed by atoms with Gasteiger partial charge in [0, 0.05) is 23.7 Å². The summed E-state index contributed by atoms with van der Waals surface area (Å²) in [6, 6.07) is 0.880. The molecule has 0 bridgehead atoms. The summed E-state index contributed by atoms with van der Waals surface area (Å²) in [5.74, 6) is -2.07. The van der Waals surface area contributed by atoms with Gasteiger partial charge < -0.3 is 10.8 Å². The van der Waals surface area contributed by atoms with Crippen LogP contribution in [0.15, 0.2) is 12.1 Å². The van der Waals surface area contributed by atoms with E-state index in [1.165, 1.54) is 6.92 Å². The minimum Gasteiger partial charge on any atom is -0.507 e. The van der Waals surface area contributed by atoms with E-state index in [1.807, 2.05) is 0 Å². The van der Waals surface area contributed by atoms with E-state index < -0.39 is 23.4 Å². The molecule has 0 radical (unpaired) electrons. The number of nitrogens with two attached hydrogens (primary N) is 1. The van der Waals surface area contributed by atoms with Crippen molar-refractivity contribution in [1.29, 1.82) is 0 Å². The molecule has 0 amide bonds. The van der Waals surface area contributed by atoms with Gasteiger partial charge in [-0.3, -0.25) is 0 Å². The fraction of sp³-hybridized carbons (Fsp3) is 0.250.